The van der Waals surface area contributed by atoms with Gasteiger partial charge in [0.15, 0.2) is 17.3 Å². The van der Waals surface area contributed by atoms with Gasteiger partial charge in [-0.15, -0.1) is 0 Å². The largest absolute Gasteiger partial charge is 0.504 e. The van der Waals surface area contributed by atoms with Crippen LogP contribution >= 0.6 is 11.6 Å². The summed E-state index contributed by atoms with van der Waals surface area (Å²) in [6.07, 6.45) is 8.07. The highest BCUT2D eigenvalue weighted by molar-refractivity contribution is 6.32. The van der Waals surface area contributed by atoms with Crippen LogP contribution in [0.2, 0.25) is 5.02 Å². The van der Waals surface area contributed by atoms with Gasteiger partial charge in [-0.1, -0.05) is 17.7 Å². The molecular weight excluding hydrogens is 493 g/mol. The van der Waals surface area contributed by atoms with Crippen LogP contribution in [-0.2, 0) is 0 Å². The Morgan fingerprint density at radius 2 is 1.95 bits per heavy atom. The molecule has 3 N–H and O–H groups in total. The molecule has 0 bridgehead atoms. The molecule has 196 valence electrons. The summed E-state index contributed by atoms with van der Waals surface area (Å²) in [6.45, 7) is 3.90. The molecule has 8 heteroatoms. The molecule has 2 aliphatic rings. The van der Waals surface area contributed by atoms with Crippen molar-refractivity contribution in [3.05, 3.63) is 52.9 Å². The molecule has 0 radical (unpaired) electrons. The van der Waals surface area contributed by atoms with Crippen molar-refractivity contribution in [1.82, 2.24) is 9.88 Å². The summed E-state index contributed by atoms with van der Waals surface area (Å²) in [5.41, 5.74) is 3.27. The number of Topliss-reactive ketones (excluding diaryl/α,β-unsaturated/α-hetero) is 1. The molecule has 1 aromatic heterocycles. The van der Waals surface area contributed by atoms with Crippen LogP contribution < -0.4 is 5.32 Å². The second-order valence-corrected chi connectivity index (χ2v) is 10.9. The van der Waals surface area contributed by atoms with E-state index in [9.17, 15) is 19.4 Å². The monoisotopic (exact) mass is 525 g/mol. The second-order valence-electron chi connectivity index (χ2n) is 10.5. The summed E-state index contributed by atoms with van der Waals surface area (Å²) < 4.78 is 14.2. The fraction of sp³-hybridized carbons (Fsp3) is 0.448. The Kier molecular flexibility index (Phi) is 7.65. The van der Waals surface area contributed by atoms with E-state index in [4.69, 9.17) is 11.6 Å². The van der Waals surface area contributed by atoms with E-state index in [1.54, 1.807) is 6.20 Å². The molecule has 0 spiro atoms. The minimum atomic E-state index is -0.785. The Morgan fingerprint density at radius 3 is 2.65 bits per heavy atom. The number of hydrogen-bond donors (Lipinski definition) is 3. The van der Waals surface area contributed by atoms with Gasteiger partial charge < -0.3 is 15.5 Å². The number of anilines is 1. The van der Waals surface area contributed by atoms with Gasteiger partial charge in [-0.2, -0.15) is 0 Å². The Bertz CT molecular complexity index is 1290. The number of nitrogens with one attached hydrogen (secondary N) is 1. The van der Waals surface area contributed by atoms with E-state index in [1.165, 1.54) is 19.1 Å². The number of ketones is 1. The number of benzene rings is 2. The average Bonchev–Trinajstić information content (AvgIpc) is 3.34. The van der Waals surface area contributed by atoms with Crippen LogP contribution in [0.15, 0.2) is 36.5 Å². The van der Waals surface area contributed by atoms with Crippen LogP contribution in [0.25, 0.3) is 22.0 Å². The number of pyridine rings is 1. The van der Waals surface area contributed by atoms with Crippen molar-refractivity contribution in [2.24, 2.45) is 5.92 Å². The zero-order chi connectivity index (χ0) is 26.1. The molecule has 0 amide bonds. The molecule has 1 aliphatic heterocycles. The maximum Gasteiger partial charge on any atom is 0.170 e. The number of phenols is 1. The number of carbonyl (C=O) groups excluding carboxylic acids is 1. The average molecular weight is 526 g/mol. The third-order valence-electron chi connectivity index (χ3n) is 8.00. The Hall–Kier alpha value is -2.74. The van der Waals surface area contributed by atoms with Crippen molar-refractivity contribution in [1.29, 1.82) is 0 Å². The van der Waals surface area contributed by atoms with Gasteiger partial charge in [-0.25, -0.2) is 4.39 Å². The van der Waals surface area contributed by atoms with Crippen molar-refractivity contribution >= 4 is 34.0 Å². The van der Waals surface area contributed by atoms with Crippen molar-refractivity contribution in [3.8, 4) is 16.9 Å². The fourth-order valence-electron chi connectivity index (χ4n) is 5.89. The van der Waals surface area contributed by atoms with Gasteiger partial charge in [-0.05, 0) is 93.3 Å². The van der Waals surface area contributed by atoms with Crippen molar-refractivity contribution in [2.75, 3.05) is 25.0 Å². The molecule has 2 fully saturated rings. The molecule has 2 aromatic carbocycles. The summed E-state index contributed by atoms with van der Waals surface area (Å²) in [4.78, 5) is 19.5. The SMILES string of the molecule is CC(=O)c1cnc2ccc(-c3cc(F)c(O)c(Cl)c3)cc2c1NC1CCC(CN2CCCC2CO)CC1. The number of carbonyl (C=O) groups is 1. The minimum Gasteiger partial charge on any atom is -0.504 e. The zero-order valence-electron chi connectivity index (χ0n) is 21.0. The number of likely N-dealkylation sites (tertiary alicyclic amines) is 1. The van der Waals surface area contributed by atoms with E-state index in [-0.39, 0.29) is 23.5 Å². The van der Waals surface area contributed by atoms with E-state index in [0.717, 1.165) is 68.2 Å². The third kappa shape index (κ3) is 5.44. The lowest BCUT2D eigenvalue weighted by Gasteiger charge is -2.34. The highest BCUT2D eigenvalue weighted by Gasteiger charge is 2.29. The molecule has 1 unspecified atom stereocenters. The summed E-state index contributed by atoms with van der Waals surface area (Å²) >= 11 is 6.02. The smallest absolute Gasteiger partial charge is 0.170 e. The Labute approximate surface area is 221 Å². The first-order valence-electron chi connectivity index (χ1n) is 13.1. The Morgan fingerprint density at radius 1 is 1.16 bits per heavy atom. The molecule has 1 aliphatic carbocycles. The highest BCUT2D eigenvalue weighted by Crippen LogP contribution is 2.37. The lowest BCUT2D eigenvalue weighted by atomic mass is 9.85. The summed E-state index contributed by atoms with van der Waals surface area (Å²) in [5, 5.41) is 23.8. The number of aromatic hydroxyl groups is 1. The van der Waals surface area contributed by atoms with Crippen LogP contribution in [0.1, 0.15) is 55.8 Å². The van der Waals surface area contributed by atoms with E-state index in [0.29, 0.717) is 28.7 Å². The number of aromatic nitrogens is 1. The summed E-state index contributed by atoms with van der Waals surface area (Å²) in [7, 11) is 0. The third-order valence-corrected chi connectivity index (χ3v) is 8.28. The first-order chi connectivity index (χ1) is 17.8. The van der Waals surface area contributed by atoms with Crippen molar-refractivity contribution < 1.29 is 19.4 Å². The lowest BCUT2D eigenvalue weighted by molar-refractivity contribution is 0.101. The molecule has 1 saturated heterocycles. The van der Waals surface area contributed by atoms with E-state index in [2.05, 4.69) is 15.2 Å². The van der Waals surface area contributed by atoms with Gasteiger partial charge in [0.25, 0.3) is 0 Å². The minimum absolute atomic E-state index is 0.0555. The van der Waals surface area contributed by atoms with E-state index in [1.807, 2.05) is 18.2 Å². The quantitative estimate of drug-likeness (QED) is 0.326. The maximum atomic E-state index is 14.2. The summed E-state index contributed by atoms with van der Waals surface area (Å²) in [5.74, 6) is -0.805. The number of fused-ring (bicyclic) bond motifs is 1. The van der Waals surface area contributed by atoms with Crippen molar-refractivity contribution in [3.63, 3.8) is 0 Å². The van der Waals surface area contributed by atoms with Gasteiger partial charge >= 0.3 is 0 Å². The Balaban J connectivity index is 1.39. The predicted octanol–water partition coefficient (Wildman–Crippen LogP) is 6.03. The first kappa shape index (κ1) is 25.9. The standard InChI is InChI=1S/C29H33ClFN3O3/c1-17(36)24-14-32-27-9-6-19(20-12-25(30)29(37)26(31)13-20)11-23(27)28(24)33-21-7-4-18(5-8-21)15-34-10-2-3-22(34)16-35/h6,9,11-14,18,21-22,35,37H,2-5,7-8,10,15-16H2,1H3,(H,32,33). The number of halogens is 2. The van der Waals surface area contributed by atoms with E-state index < -0.39 is 11.6 Å². The normalized spacial score (nSPS) is 22.4. The predicted molar refractivity (Wildman–Crippen MR) is 145 cm³/mol. The summed E-state index contributed by atoms with van der Waals surface area (Å²) in [6, 6.07) is 8.90. The number of hydrogen-bond acceptors (Lipinski definition) is 6. The first-order valence-corrected chi connectivity index (χ1v) is 13.5. The number of rotatable bonds is 7. The van der Waals surface area contributed by atoms with Crippen LogP contribution in [0.3, 0.4) is 0 Å². The van der Waals surface area contributed by atoms with Gasteiger partial charge in [0.1, 0.15) is 0 Å². The molecule has 2 heterocycles. The van der Waals surface area contributed by atoms with Gasteiger partial charge in [0.05, 0.1) is 28.4 Å². The molecular formula is C29H33ClFN3O3. The number of phenolic OH excluding ortho intramolecular Hbond substituents is 1. The molecule has 1 atom stereocenters. The number of aliphatic hydroxyl groups is 1. The van der Waals surface area contributed by atoms with Crippen LogP contribution in [0.5, 0.6) is 5.75 Å². The second kappa shape index (κ2) is 10.9. The fourth-order valence-corrected chi connectivity index (χ4v) is 6.10. The molecule has 37 heavy (non-hydrogen) atoms. The maximum absolute atomic E-state index is 14.2. The zero-order valence-corrected chi connectivity index (χ0v) is 21.8. The number of nitrogens with zero attached hydrogens (tertiary/aromatic N) is 2. The highest BCUT2D eigenvalue weighted by atomic mass is 35.5. The van der Waals surface area contributed by atoms with Crippen LogP contribution in [0.4, 0.5) is 10.1 Å². The van der Waals surface area contributed by atoms with Crippen molar-refractivity contribution in [2.45, 2.75) is 57.5 Å². The van der Waals surface area contributed by atoms with E-state index >= 15 is 0 Å². The molecule has 3 aromatic rings. The molecule has 6 nitrogen and oxygen atoms in total. The van der Waals surface area contributed by atoms with Gasteiger partial charge in [-0.3, -0.25) is 14.7 Å². The van der Waals surface area contributed by atoms with Gasteiger partial charge in [0, 0.05) is 30.2 Å². The lowest BCUT2D eigenvalue weighted by Crippen LogP contribution is -2.38. The van der Waals surface area contributed by atoms with Crippen LogP contribution in [-0.4, -0.2) is 57.7 Å². The molecule has 1 saturated carbocycles. The van der Waals surface area contributed by atoms with Gasteiger partial charge in [0.2, 0.25) is 0 Å². The number of aliphatic hydroxyl groups excluding tert-OH is 1. The topological polar surface area (TPSA) is 85.7 Å². The molecule has 5 rings (SSSR count). The van der Waals surface area contributed by atoms with Crippen LogP contribution in [0, 0.1) is 11.7 Å².